The Hall–Kier alpha value is -0.285. The molecule has 0 unspecified atom stereocenters. The van der Waals surface area contributed by atoms with Crippen molar-refractivity contribution in [2.45, 2.75) is 30.4 Å². The van der Waals surface area contributed by atoms with Gasteiger partial charge in [-0.3, -0.25) is 9.59 Å². The van der Waals surface area contributed by atoms with Crippen molar-refractivity contribution in [3.05, 3.63) is 0 Å². The Kier molecular flexibility index (Phi) is 1.37. The molecule has 13 heavy (non-hydrogen) atoms. The lowest BCUT2D eigenvalue weighted by molar-refractivity contribution is -0.118. The molecule has 3 fully saturated rings. The summed E-state index contributed by atoms with van der Waals surface area (Å²) in [6, 6.07) is 0. The highest BCUT2D eigenvalue weighted by atomic mass is 32.2. The number of hydrogen-bond acceptors (Lipinski definition) is 4. The van der Waals surface area contributed by atoms with Gasteiger partial charge in [-0.2, -0.15) is 0 Å². The number of rotatable bonds is 0. The highest BCUT2D eigenvalue weighted by Crippen LogP contribution is 2.62. The average Bonchev–Trinajstić information content (AvgIpc) is 2.66. The van der Waals surface area contributed by atoms with Crippen LogP contribution in [0.2, 0.25) is 5.31 Å². The number of carbonyl (C=O) groups excluding carboxylic acids is 2. The molecule has 3 saturated heterocycles. The minimum atomic E-state index is -0.995. The maximum atomic E-state index is 11.5. The average molecular weight is 194 g/mol. The fraction of sp³-hybridized carbons (Fsp3) is 0.750. The molecule has 0 aromatic rings. The van der Waals surface area contributed by atoms with Crippen molar-refractivity contribution in [2.24, 2.45) is 5.92 Å². The Balaban J connectivity index is 2.12. The molecular formula is C8H7BO3S. The molecule has 0 aromatic heterocycles. The predicted octanol–water partition coefficient (Wildman–Crippen LogP) is 0.291. The molecule has 2 radical (unpaired) electrons. The highest BCUT2D eigenvalue weighted by molar-refractivity contribution is 8.27. The molecular weight excluding hydrogens is 187 g/mol. The number of hydrogen-bond donors (Lipinski definition) is 0. The van der Waals surface area contributed by atoms with E-state index in [-0.39, 0.29) is 28.4 Å². The maximum absolute atomic E-state index is 11.5. The molecule has 0 N–H and O–H groups in total. The Morgan fingerprint density at radius 1 is 1.46 bits per heavy atom. The molecule has 3 rings (SSSR count). The molecule has 0 amide bonds. The van der Waals surface area contributed by atoms with Gasteiger partial charge in [0.2, 0.25) is 5.12 Å². The van der Waals surface area contributed by atoms with E-state index in [1.165, 1.54) is 0 Å². The minimum absolute atomic E-state index is 0.0959. The standard InChI is InChI=1S/C8H7BO3S/c9-8-4-2-1-3(12-4)5(8)6(10)13-7(8)11/h3-5H,1-2H2/t3-,4+,5+,8-/m0/s1. The Morgan fingerprint density at radius 2 is 2.23 bits per heavy atom. The second-order valence-electron chi connectivity index (χ2n) is 3.86. The third-order valence-corrected chi connectivity index (χ3v) is 4.27. The van der Waals surface area contributed by atoms with Crippen LogP contribution in [0.4, 0.5) is 0 Å². The van der Waals surface area contributed by atoms with Gasteiger partial charge in [0.1, 0.15) is 0 Å². The second-order valence-corrected chi connectivity index (χ2v) is 4.84. The van der Waals surface area contributed by atoms with Crippen LogP contribution in [0.15, 0.2) is 0 Å². The zero-order valence-electron chi connectivity index (χ0n) is 6.86. The molecule has 0 aliphatic carbocycles. The van der Waals surface area contributed by atoms with E-state index in [2.05, 4.69) is 0 Å². The predicted molar refractivity (Wildman–Crippen MR) is 47.4 cm³/mol. The van der Waals surface area contributed by atoms with Gasteiger partial charge in [0.25, 0.3) is 0 Å². The lowest BCUT2D eigenvalue weighted by Crippen LogP contribution is -2.36. The van der Waals surface area contributed by atoms with Gasteiger partial charge in [-0.15, -0.1) is 0 Å². The molecule has 3 aliphatic heterocycles. The summed E-state index contributed by atoms with van der Waals surface area (Å²) in [5, 5.41) is -1.29. The van der Waals surface area contributed by atoms with Gasteiger partial charge in [-0.25, -0.2) is 0 Å². The van der Waals surface area contributed by atoms with Crippen LogP contribution in [0.5, 0.6) is 0 Å². The van der Waals surface area contributed by atoms with Crippen molar-refractivity contribution >= 4 is 29.8 Å². The van der Waals surface area contributed by atoms with Gasteiger partial charge in [-0.1, -0.05) is 0 Å². The number of carbonyl (C=O) groups is 2. The first-order valence-electron chi connectivity index (χ1n) is 4.34. The van der Waals surface area contributed by atoms with Gasteiger partial charge >= 0.3 is 0 Å². The van der Waals surface area contributed by atoms with Crippen LogP contribution < -0.4 is 0 Å². The molecule has 0 spiro atoms. The third-order valence-electron chi connectivity index (χ3n) is 3.27. The van der Waals surface area contributed by atoms with Gasteiger partial charge in [-0.05, 0) is 24.6 Å². The first-order chi connectivity index (χ1) is 6.14. The molecule has 66 valence electrons. The minimum Gasteiger partial charge on any atom is -0.374 e. The number of ether oxygens (including phenoxy) is 1. The van der Waals surface area contributed by atoms with E-state index < -0.39 is 5.31 Å². The summed E-state index contributed by atoms with van der Waals surface area (Å²) < 4.78 is 5.50. The SMILES string of the molecule is [B][C@]12C(=O)SC(=O)[C@H]1[C@@H]1CC[C@H]2O1. The second kappa shape index (κ2) is 2.20. The van der Waals surface area contributed by atoms with Crippen LogP contribution >= 0.6 is 11.8 Å². The molecule has 3 nitrogen and oxygen atoms in total. The Bertz CT molecular complexity index is 319. The van der Waals surface area contributed by atoms with Gasteiger partial charge in [0.05, 0.1) is 26.0 Å². The molecule has 0 saturated carbocycles. The number of thioether (sulfide) groups is 1. The van der Waals surface area contributed by atoms with Gasteiger partial charge < -0.3 is 4.74 Å². The monoisotopic (exact) mass is 194 g/mol. The largest absolute Gasteiger partial charge is 0.374 e. The lowest BCUT2D eigenvalue weighted by Gasteiger charge is -2.28. The molecule has 2 bridgehead atoms. The van der Waals surface area contributed by atoms with Crippen molar-refractivity contribution in [3.8, 4) is 0 Å². The van der Waals surface area contributed by atoms with Crippen LogP contribution in [0.1, 0.15) is 12.8 Å². The summed E-state index contributed by atoms with van der Waals surface area (Å²) in [6.07, 6.45) is 1.38. The van der Waals surface area contributed by atoms with Gasteiger partial charge in [0.15, 0.2) is 5.12 Å². The van der Waals surface area contributed by atoms with E-state index in [1.54, 1.807) is 0 Å². The van der Waals surface area contributed by atoms with Gasteiger partial charge in [0, 0.05) is 5.31 Å². The van der Waals surface area contributed by atoms with Crippen LogP contribution in [0.3, 0.4) is 0 Å². The fourth-order valence-electron chi connectivity index (χ4n) is 2.62. The molecule has 4 atom stereocenters. The first-order valence-corrected chi connectivity index (χ1v) is 5.16. The molecule has 3 aliphatic rings. The molecule has 3 heterocycles. The third kappa shape index (κ3) is 0.738. The van der Waals surface area contributed by atoms with Crippen molar-refractivity contribution in [2.75, 3.05) is 0 Å². The van der Waals surface area contributed by atoms with E-state index in [4.69, 9.17) is 12.6 Å². The smallest absolute Gasteiger partial charge is 0.202 e. The van der Waals surface area contributed by atoms with Crippen molar-refractivity contribution in [1.29, 1.82) is 0 Å². The summed E-state index contributed by atoms with van der Waals surface area (Å²) in [6.45, 7) is 0. The zero-order chi connectivity index (χ0) is 9.22. The normalized spacial score (nSPS) is 53.1. The number of fused-ring (bicyclic) bond motifs is 5. The van der Waals surface area contributed by atoms with Crippen LogP contribution in [0, 0.1) is 5.92 Å². The van der Waals surface area contributed by atoms with Crippen molar-refractivity contribution < 1.29 is 14.3 Å². The maximum Gasteiger partial charge on any atom is 0.202 e. The summed E-state index contributed by atoms with van der Waals surface area (Å²) in [5.41, 5.74) is 0. The zero-order valence-corrected chi connectivity index (χ0v) is 7.67. The quantitative estimate of drug-likeness (QED) is 0.520. The Morgan fingerprint density at radius 3 is 2.92 bits per heavy atom. The van der Waals surface area contributed by atoms with E-state index in [0.29, 0.717) is 0 Å². The topological polar surface area (TPSA) is 43.4 Å². The van der Waals surface area contributed by atoms with Crippen LogP contribution in [0.25, 0.3) is 0 Å². The fourth-order valence-corrected chi connectivity index (χ4v) is 3.71. The highest BCUT2D eigenvalue weighted by Gasteiger charge is 2.66. The summed E-state index contributed by atoms with van der Waals surface area (Å²) >= 11 is 0.776. The van der Waals surface area contributed by atoms with Crippen LogP contribution in [-0.2, 0) is 14.3 Å². The van der Waals surface area contributed by atoms with Crippen molar-refractivity contribution in [1.82, 2.24) is 0 Å². The molecule has 5 heteroatoms. The summed E-state index contributed by atoms with van der Waals surface area (Å²) in [4.78, 5) is 23.0. The summed E-state index contributed by atoms with van der Waals surface area (Å²) in [5.74, 6) is -0.372. The summed E-state index contributed by atoms with van der Waals surface area (Å²) in [7, 11) is 5.97. The first kappa shape index (κ1) is 8.06. The lowest BCUT2D eigenvalue weighted by atomic mass is 9.55. The molecule has 0 aromatic carbocycles. The van der Waals surface area contributed by atoms with Crippen LogP contribution in [-0.4, -0.2) is 30.3 Å². The van der Waals surface area contributed by atoms with E-state index in [0.717, 1.165) is 24.6 Å². The van der Waals surface area contributed by atoms with E-state index >= 15 is 0 Å². The van der Waals surface area contributed by atoms with E-state index in [9.17, 15) is 9.59 Å². The van der Waals surface area contributed by atoms with E-state index in [1.807, 2.05) is 0 Å². The van der Waals surface area contributed by atoms with Crippen molar-refractivity contribution in [3.63, 3.8) is 0 Å². The Labute approximate surface area is 81.0 Å².